The highest BCUT2D eigenvalue weighted by Gasteiger charge is 2.44. The summed E-state index contributed by atoms with van der Waals surface area (Å²) < 4.78 is 43.3. The van der Waals surface area contributed by atoms with Gasteiger partial charge in [-0.2, -0.15) is 13.2 Å². The number of alkyl halides is 3. The van der Waals surface area contributed by atoms with E-state index < -0.39 is 35.1 Å². The van der Waals surface area contributed by atoms with Crippen LogP contribution in [0.4, 0.5) is 13.2 Å². The molecule has 2 atom stereocenters. The lowest BCUT2D eigenvalue weighted by atomic mass is 9.94. The van der Waals surface area contributed by atoms with Gasteiger partial charge in [-0.15, -0.1) is 0 Å². The number of carboxylic acid groups (broad SMARTS) is 1. The number of nitrogens with one attached hydrogen (secondary N) is 1. The van der Waals surface area contributed by atoms with Crippen LogP contribution in [-0.4, -0.2) is 35.7 Å². The lowest BCUT2D eigenvalue weighted by Gasteiger charge is -2.24. The molecule has 2 rings (SSSR count). The van der Waals surface area contributed by atoms with Crippen LogP contribution in [0.25, 0.3) is 0 Å². The van der Waals surface area contributed by atoms with Gasteiger partial charge in [0.05, 0.1) is 12.2 Å². The maximum absolute atomic E-state index is 12.7. The summed E-state index contributed by atoms with van der Waals surface area (Å²) in [6.07, 6.45) is -4.41. The average molecular weight is 345 g/mol. The van der Waals surface area contributed by atoms with Gasteiger partial charge in [0.25, 0.3) is 0 Å². The van der Waals surface area contributed by atoms with E-state index in [0.29, 0.717) is 5.56 Å². The van der Waals surface area contributed by atoms with Crippen LogP contribution in [0.2, 0.25) is 0 Å². The molecular formula is C16H18F3NO4. The number of rotatable bonds is 5. The summed E-state index contributed by atoms with van der Waals surface area (Å²) in [7, 11) is 0. The van der Waals surface area contributed by atoms with Crippen LogP contribution < -0.4 is 5.32 Å². The Labute approximate surface area is 136 Å². The Bertz CT molecular complexity index is 624. The Kier molecular flexibility index (Phi) is 5.17. The second kappa shape index (κ2) is 6.80. The van der Waals surface area contributed by atoms with Gasteiger partial charge in [0.15, 0.2) is 5.54 Å². The van der Waals surface area contributed by atoms with Gasteiger partial charge in [-0.3, -0.25) is 4.79 Å². The number of aliphatic carboxylic acids is 1. The third-order valence-corrected chi connectivity index (χ3v) is 4.08. The number of hydrogen-bond acceptors (Lipinski definition) is 3. The molecule has 0 aliphatic carbocycles. The highest BCUT2D eigenvalue weighted by molar-refractivity contribution is 5.87. The summed E-state index contributed by atoms with van der Waals surface area (Å²) >= 11 is 0. The first-order valence-electron chi connectivity index (χ1n) is 7.43. The number of carboxylic acids is 1. The molecule has 1 saturated heterocycles. The molecule has 0 spiro atoms. The Hall–Kier alpha value is -2.09. The maximum Gasteiger partial charge on any atom is 0.416 e. The Morgan fingerprint density at radius 2 is 2.12 bits per heavy atom. The van der Waals surface area contributed by atoms with Crippen molar-refractivity contribution in [2.45, 2.75) is 37.4 Å². The Balaban J connectivity index is 2.05. The number of carbonyl (C=O) groups excluding carboxylic acids is 1. The zero-order valence-corrected chi connectivity index (χ0v) is 13.0. The van der Waals surface area contributed by atoms with E-state index in [1.807, 2.05) is 0 Å². The third-order valence-electron chi connectivity index (χ3n) is 4.08. The van der Waals surface area contributed by atoms with Gasteiger partial charge < -0.3 is 15.2 Å². The molecule has 1 aromatic carbocycles. The quantitative estimate of drug-likeness (QED) is 0.860. The van der Waals surface area contributed by atoms with Crippen molar-refractivity contribution < 1.29 is 32.6 Å². The van der Waals surface area contributed by atoms with Gasteiger partial charge in [0, 0.05) is 19.4 Å². The molecule has 1 aromatic rings. The van der Waals surface area contributed by atoms with Crippen molar-refractivity contribution in [3.05, 3.63) is 35.4 Å². The second-order valence-electron chi connectivity index (χ2n) is 5.97. The van der Waals surface area contributed by atoms with E-state index in [1.165, 1.54) is 12.1 Å². The van der Waals surface area contributed by atoms with Crippen LogP contribution in [0.3, 0.4) is 0 Å². The number of halogens is 3. The summed E-state index contributed by atoms with van der Waals surface area (Å²) in [5.74, 6) is -2.20. The van der Waals surface area contributed by atoms with Crippen molar-refractivity contribution in [1.82, 2.24) is 5.32 Å². The van der Waals surface area contributed by atoms with Crippen LogP contribution in [0.1, 0.15) is 36.8 Å². The molecule has 1 amide bonds. The fraction of sp³-hybridized carbons (Fsp3) is 0.500. The summed E-state index contributed by atoms with van der Waals surface area (Å²) in [4.78, 5) is 23.5. The minimum Gasteiger partial charge on any atom is -0.479 e. The highest BCUT2D eigenvalue weighted by Crippen LogP contribution is 2.31. The van der Waals surface area contributed by atoms with Crippen LogP contribution in [0.15, 0.2) is 24.3 Å². The molecule has 1 aliphatic rings. The zero-order valence-electron chi connectivity index (χ0n) is 13.0. The molecule has 2 unspecified atom stereocenters. The first-order valence-corrected chi connectivity index (χ1v) is 7.43. The minimum absolute atomic E-state index is 0.115. The van der Waals surface area contributed by atoms with E-state index in [-0.39, 0.29) is 26.1 Å². The van der Waals surface area contributed by atoms with Gasteiger partial charge in [0.1, 0.15) is 0 Å². The van der Waals surface area contributed by atoms with Crippen molar-refractivity contribution in [1.29, 1.82) is 0 Å². The van der Waals surface area contributed by atoms with Crippen LogP contribution in [-0.2, 0) is 20.5 Å². The Morgan fingerprint density at radius 3 is 2.67 bits per heavy atom. The van der Waals surface area contributed by atoms with Gasteiger partial charge in [-0.25, -0.2) is 4.79 Å². The lowest BCUT2D eigenvalue weighted by molar-refractivity contribution is -0.147. The van der Waals surface area contributed by atoms with Crippen LogP contribution >= 0.6 is 0 Å². The molecule has 0 bridgehead atoms. The van der Waals surface area contributed by atoms with Crippen molar-refractivity contribution in [3.8, 4) is 0 Å². The van der Waals surface area contributed by atoms with Crippen molar-refractivity contribution in [3.63, 3.8) is 0 Å². The summed E-state index contributed by atoms with van der Waals surface area (Å²) in [5.41, 5.74) is -1.87. The van der Waals surface area contributed by atoms with E-state index in [2.05, 4.69) is 5.32 Å². The fourth-order valence-electron chi connectivity index (χ4n) is 2.62. The average Bonchev–Trinajstić information content (AvgIpc) is 2.96. The molecule has 1 fully saturated rings. The summed E-state index contributed by atoms with van der Waals surface area (Å²) in [6.45, 7) is 1.73. The van der Waals surface area contributed by atoms with Gasteiger partial charge in [0.2, 0.25) is 5.91 Å². The summed E-state index contributed by atoms with van der Waals surface area (Å²) in [6, 6.07) is 4.77. The molecule has 0 aromatic heterocycles. The maximum atomic E-state index is 12.7. The molecule has 5 nitrogen and oxygen atoms in total. The van der Waals surface area contributed by atoms with Crippen molar-refractivity contribution in [2.24, 2.45) is 0 Å². The number of amides is 1. The van der Waals surface area contributed by atoms with E-state index in [9.17, 15) is 27.9 Å². The van der Waals surface area contributed by atoms with Crippen molar-refractivity contribution in [2.75, 3.05) is 13.2 Å². The standard InChI is InChI=1S/C16H18F3NO4/c1-10(11-3-2-4-12(8-11)16(17,18)19)7-13(21)20-15(14(22)23)5-6-24-9-15/h2-4,8,10H,5-7,9H2,1H3,(H,20,21)(H,22,23). The molecule has 1 heterocycles. The predicted molar refractivity (Wildman–Crippen MR) is 78.4 cm³/mol. The molecule has 2 N–H and O–H groups in total. The van der Waals surface area contributed by atoms with E-state index in [0.717, 1.165) is 12.1 Å². The Morgan fingerprint density at radius 1 is 1.42 bits per heavy atom. The van der Waals surface area contributed by atoms with E-state index in [1.54, 1.807) is 6.92 Å². The smallest absolute Gasteiger partial charge is 0.416 e. The van der Waals surface area contributed by atoms with Gasteiger partial charge >= 0.3 is 12.1 Å². The summed E-state index contributed by atoms with van der Waals surface area (Å²) in [5, 5.41) is 11.7. The largest absolute Gasteiger partial charge is 0.479 e. The monoisotopic (exact) mass is 345 g/mol. The van der Waals surface area contributed by atoms with Gasteiger partial charge in [-0.1, -0.05) is 25.1 Å². The first kappa shape index (κ1) is 18.3. The fourth-order valence-corrected chi connectivity index (χ4v) is 2.62. The molecule has 0 saturated carbocycles. The van der Waals surface area contributed by atoms with Crippen LogP contribution in [0.5, 0.6) is 0 Å². The van der Waals surface area contributed by atoms with Gasteiger partial charge in [-0.05, 0) is 17.5 Å². The second-order valence-corrected chi connectivity index (χ2v) is 5.97. The SMILES string of the molecule is CC(CC(=O)NC1(C(=O)O)CCOC1)c1cccc(C(F)(F)F)c1. The number of ether oxygens (including phenoxy) is 1. The predicted octanol–water partition coefficient (Wildman–Crippen LogP) is 2.56. The molecule has 132 valence electrons. The number of hydrogen-bond donors (Lipinski definition) is 2. The first-order chi connectivity index (χ1) is 11.1. The lowest BCUT2D eigenvalue weighted by Crippen LogP contribution is -2.55. The van der Waals surface area contributed by atoms with Crippen molar-refractivity contribution >= 4 is 11.9 Å². The normalized spacial score (nSPS) is 22.2. The van der Waals surface area contributed by atoms with Crippen LogP contribution in [0, 0.1) is 0 Å². The van der Waals surface area contributed by atoms with E-state index >= 15 is 0 Å². The number of benzene rings is 1. The third kappa shape index (κ3) is 4.05. The molecule has 1 aliphatic heterocycles. The van der Waals surface area contributed by atoms with E-state index in [4.69, 9.17) is 4.74 Å². The molecule has 8 heteroatoms. The molecular weight excluding hydrogens is 327 g/mol. The minimum atomic E-state index is -4.45. The molecule has 24 heavy (non-hydrogen) atoms. The topological polar surface area (TPSA) is 75.6 Å². The zero-order chi connectivity index (χ0) is 18.0. The highest BCUT2D eigenvalue weighted by atomic mass is 19.4. The number of carbonyl (C=O) groups is 2. The molecule has 0 radical (unpaired) electrons.